The molecular weight excluding hydrogens is 423 g/mol. The van der Waals surface area contributed by atoms with E-state index in [2.05, 4.69) is 0 Å². The highest BCUT2D eigenvalue weighted by atomic mass is 19.1. The van der Waals surface area contributed by atoms with Crippen LogP contribution in [0.1, 0.15) is 5.56 Å². The molecule has 1 heterocycles. The minimum absolute atomic E-state index is 0.183. The SMILES string of the molecule is COc1ccc(-c2c(-c3cc(OC)c(OC)c(OC)c3)ncn2Cc2ccccc2)cc1F. The van der Waals surface area contributed by atoms with Crippen molar-refractivity contribution in [3.05, 3.63) is 78.4 Å². The third-order valence-corrected chi connectivity index (χ3v) is 5.40. The van der Waals surface area contributed by atoms with Crippen molar-refractivity contribution in [3.63, 3.8) is 0 Å². The summed E-state index contributed by atoms with van der Waals surface area (Å²) in [5.41, 5.74) is 3.94. The van der Waals surface area contributed by atoms with Crippen LogP contribution < -0.4 is 18.9 Å². The number of hydrogen-bond acceptors (Lipinski definition) is 5. The smallest absolute Gasteiger partial charge is 0.203 e. The zero-order valence-electron chi connectivity index (χ0n) is 19.0. The van der Waals surface area contributed by atoms with Crippen molar-refractivity contribution in [1.82, 2.24) is 9.55 Å². The Morgan fingerprint density at radius 1 is 0.758 bits per heavy atom. The highest BCUT2D eigenvalue weighted by Crippen LogP contribution is 2.43. The number of hydrogen-bond donors (Lipinski definition) is 0. The molecule has 170 valence electrons. The average molecular weight is 448 g/mol. The van der Waals surface area contributed by atoms with Crippen LogP contribution >= 0.6 is 0 Å². The van der Waals surface area contributed by atoms with Crippen molar-refractivity contribution in [2.75, 3.05) is 28.4 Å². The molecule has 0 atom stereocenters. The summed E-state index contributed by atoms with van der Waals surface area (Å²) in [7, 11) is 6.13. The molecule has 0 radical (unpaired) electrons. The third-order valence-electron chi connectivity index (χ3n) is 5.40. The van der Waals surface area contributed by atoms with Gasteiger partial charge in [-0.2, -0.15) is 0 Å². The minimum atomic E-state index is -0.446. The summed E-state index contributed by atoms with van der Waals surface area (Å²) in [4.78, 5) is 4.69. The van der Waals surface area contributed by atoms with Gasteiger partial charge in [-0.25, -0.2) is 9.37 Å². The number of ether oxygens (including phenoxy) is 4. The van der Waals surface area contributed by atoms with Gasteiger partial charge in [0.05, 0.1) is 46.2 Å². The highest BCUT2D eigenvalue weighted by Gasteiger charge is 2.21. The molecule has 6 nitrogen and oxygen atoms in total. The van der Waals surface area contributed by atoms with E-state index >= 15 is 0 Å². The maximum absolute atomic E-state index is 14.7. The fraction of sp³-hybridized carbons (Fsp3) is 0.192. The summed E-state index contributed by atoms with van der Waals surface area (Å²) < 4.78 is 38.2. The summed E-state index contributed by atoms with van der Waals surface area (Å²) in [6.45, 7) is 0.571. The van der Waals surface area contributed by atoms with E-state index in [1.807, 2.05) is 53.1 Å². The van der Waals surface area contributed by atoms with Gasteiger partial charge in [-0.1, -0.05) is 30.3 Å². The van der Waals surface area contributed by atoms with Crippen LogP contribution in [-0.2, 0) is 6.54 Å². The monoisotopic (exact) mass is 448 g/mol. The summed E-state index contributed by atoms with van der Waals surface area (Å²) in [5.74, 6) is 1.25. The summed E-state index contributed by atoms with van der Waals surface area (Å²) in [6.07, 6.45) is 1.75. The average Bonchev–Trinajstić information content (AvgIpc) is 3.26. The molecule has 0 bridgehead atoms. The Bertz CT molecular complexity index is 1230. The van der Waals surface area contributed by atoms with Crippen molar-refractivity contribution >= 4 is 0 Å². The fourth-order valence-corrected chi connectivity index (χ4v) is 3.83. The molecule has 4 rings (SSSR count). The van der Waals surface area contributed by atoms with Gasteiger partial charge in [0.15, 0.2) is 23.1 Å². The van der Waals surface area contributed by atoms with Crippen molar-refractivity contribution in [3.8, 4) is 45.5 Å². The van der Waals surface area contributed by atoms with E-state index < -0.39 is 5.82 Å². The molecule has 0 amide bonds. The number of rotatable bonds is 8. The lowest BCUT2D eigenvalue weighted by molar-refractivity contribution is 0.324. The van der Waals surface area contributed by atoms with Gasteiger partial charge in [0.1, 0.15) is 0 Å². The second kappa shape index (κ2) is 9.65. The maximum atomic E-state index is 14.7. The maximum Gasteiger partial charge on any atom is 0.203 e. The van der Waals surface area contributed by atoms with Crippen LogP contribution in [0.5, 0.6) is 23.0 Å². The minimum Gasteiger partial charge on any atom is -0.494 e. The zero-order chi connectivity index (χ0) is 23.4. The number of imidazole rings is 1. The zero-order valence-corrected chi connectivity index (χ0v) is 19.0. The standard InChI is InChI=1S/C26H25FN2O4/c1-30-21-11-10-18(12-20(21)27)25-24(28-16-29(25)15-17-8-6-5-7-9-17)19-13-22(31-2)26(33-4)23(14-19)32-3/h5-14,16H,15H2,1-4H3. The van der Waals surface area contributed by atoms with E-state index in [0.29, 0.717) is 35.1 Å². The first-order chi connectivity index (χ1) is 16.1. The number of halogens is 1. The van der Waals surface area contributed by atoms with Crippen molar-refractivity contribution in [1.29, 1.82) is 0 Å². The van der Waals surface area contributed by atoms with Gasteiger partial charge in [0.2, 0.25) is 5.75 Å². The van der Waals surface area contributed by atoms with Gasteiger partial charge < -0.3 is 23.5 Å². The molecule has 0 fully saturated rings. The Morgan fingerprint density at radius 3 is 2.00 bits per heavy atom. The predicted molar refractivity (Wildman–Crippen MR) is 125 cm³/mol. The number of aromatic nitrogens is 2. The predicted octanol–water partition coefficient (Wildman–Crippen LogP) is 5.44. The third kappa shape index (κ3) is 4.35. The molecule has 0 N–H and O–H groups in total. The Morgan fingerprint density at radius 2 is 1.42 bits per heavy atom. The second-order valence-corrected chi connectivity index (χ2v) is 7.32. The molecular formula is C26H25FN2O4. The molecule has 0 saturated heterocycles. The first-order valence-electron chi connectivity index (χ1n) is 10.3. The molecule has 3 aromatic carbocycles. The number of methoxy groups -OCH3 is 4. The normalized spacial score (nSPS) is 10.7. The van der Waals surface area contributed by atoms with Gasteiger partial charge in [0, 0.05) is 17.7 Å². The van der Waals surface area contributed by atoms with Crippen molar-refractivity contribution in [2.45, 2.75) is 6.54 Å². The summed E-state index contributed by atoms with van der Waals surface area (Å²) in [5, 5.41) is 0. The largest absolute Gasteiger partial charge is 0.494 e. The van der Waals surface area contributed by atoms with E-state index in [1.54, 1.807) is 33.7 Å². The molecule has 0 unspecified atom stereocenters. The van der Waals surface area contributed by atoms with Gasteiger partial charge in [-0.15, -0.1) is 0 Å². The van der Waals surface area contributed by atoms with E-state index in [4.69, 9.17) is 23.9 Å². The van der Waals surface area contributed by atoms with Crippen LogP contribution in [0.2, 0.25) is 0 Å². The molecule has 33 heavy (non-hydrogen) atoms. The Labute approximate surface area is 192 Å². The lowest BCUT2D eigenvalue weighted by atomic mass is 10.0. The first kappa shape index (κ1) is 22.2. The second-order valence-electron chi connectivity index (χ2n) is 7.32. The highest BCUT2D eigenvalue weighted by molar-refractivity contribution is 5.81. The Kier molecular flexibility index (Phi) is 6.49. The van der Waals surface area contributed by atoms with E-state index in [0.717, 1.165) is 16.8 Å². The van der Waals surface area contributed by atoms with E-state index in [9.17, 15) is 4.39 Å². The quantitative estimate of drug-likeness (QED) is 0.359. The lowest BCUT2D eigenvalue weighted by Crippen LogP contribution is -2.02. The molecule has 1 aromatic heterocycles. The summed E-state index contributed by atoms with van der Waals surface area (Å²) >= 11 is 0. The summed E-state index contributed by atoms with van der Waals surface area (Å²) in [6, 6.07) is 18.6. The number of nitrogens with zero attached hydrogens (tertiary/aromatic N) is 2. The molecule has 4 aromatic rings. The van der Waals surface area contributed by atoms with Crippen LogP contribution in [-0.4, -0.2) is 38.0 Å². The molecule has 7 heteroatoms. The van der Waals surface area contributed by atoms with Crippen molar-refractivity contribution in [2.24, 2.45) is 0 Å². The molecule has 0 aliphatic heterocycles. The van der Waals surface area contributed by atoms with E-state index in [-0.39, 0.29) is 5.75 Å². The Hall–Kier alpha value is -4.00. The van der Waals surface area contributed by atoms with E-state index in [1.165, 1.54) is 13.2 Å². The molecule has 0 aliphatic rings. The first-order valence-corrected chi connectivity index (χ1v) is 10.3. The molecule has 0 aliphatic carbocycles. The lowest BCUT2D eigenvalue weighted by Gasteiger charge is -2.15. The van der Waals surface area contributed by atoms with Crippen LogP contribution in [0.4, 0.5) is 4.39 Å². The molecule has 0 spiro atoms. The topological polar surface area (TPSA) is 54.7 Å². The Balaban J connectivity index is 1.91. The van der Waals surface area contributed by atoms with Gasteiger partial charge in [-0.3, -0.25) is 0 Å². The number of benzene rings is 3. The van der Waals surface area contributed by atoms with Crippen LogP contribution in [0.3, 0.4) is 0 Å². The van der Waals surface area contributed by atoms with Gasteiger partial charge >= 0.3 is 0 Å². The van der Waals surface area contributed by atoms with Gasteiger partial charge in [0.25, 0.3) is 0 Å². The van der Waals surface area contributed by atoms with Crippen LogP contribution in [0.15, 0.2) is 67.0 Å². The van der Waals surface area contributed by atoms with Gasteiger partial charge in [-0.05, 0) is 35.9 Å². The van der Waals surface area contributed by atoms with Crippen LogP contribution in [0, 0.1) is 5.82 Å². The van der Waals surface area contributed by atoms with Crippen molar-refractivity contribution < 1.29 is 23.3 Å². The fourth-order valence-electron chi connectivity index (χ4n) is 3.83. The molecule has 0 saturated carbocycles. The van der Waals surface area contributed by atoms with Crippen LogP contribution in [0.25, 0.3) is 22.5 Å².